The van der Waals surface area contributed by atoms with Gasteiger partial charge in [-0.15, -0.1) is 0 Å². The van der Waals surface area contributed by atoms with Gasteiger partial charge in [-0.2, -0.15) is 0 Å². The van der Waals surface area contributed by atoms with Crippen LogP contribution >= 0.6 is 0 Å². The van der Waals surface area contributed by atoms with Gasteiger partial charge in [0.2, 0.25) is 0 Å². The summed E-state index contributed by atoms with van der Waals surface area (Å²) in [7, 11) is 0. The fourth-order valence-corrected chi connectivity index (χ4v) is 3.70. The third-order valence-corrected chi connectivity index (χ3v) is 5.28. The molecule has 0 spiro atoms. The van der Waals surface area contributed by atoms with Crippen LogP contribution in [0.2, 0.25) is 0 Å². The van der Waals surface area contributed by atoms with E-state index < -0.39 is 0 Å². The molecule has 0 fully saturated rings. The number of aromatic nitrogens is 3. The number of rotatable bonds is 8. The highest BCUT2D eigenvalue weighted by atomic mass is 16.5. The van der Waals surface area contributed by atoms with Crippen LogP contribution in [-0.2, 0) is 6.42 Å². The number of imidazole rings is 1. The molecule has 1 aliphatic heterocycles. The number of nitrogens with zero attached hydrogens (tertiary/aromatic N) is 3. The number of benzene rings is 2. The molecule has 5 rings (SSSR count). The third kappa shape index (κ3) is 4.62. The van der Waals surface area contributed by atoms with Crippen LogP contribution in [0.5, 0.6) is 11.5 Å². The summed E-state index contributed by atoms with van der Waals surface area (Å²) in [6.07, 6.45) is 7.72. The van der Waals surface area contributed by atoms with Crippen LogP contribution < -0.4 is 4.74 Å². The number of aliphatic imine (C=N–C) groups is 1. The first kappa shape index (κ1) is 20.5. The van der Waals surface area contributed by atoms with Crippen molar-refractivity contribution in [1.29, 1.82) is 0 Å². The Morgan fingerprint density at radius 3 is 2.64 bits per heavy atom. The van der Waals surface area contributed by atoms with Crippen LogP contribution in [-0.4, -0.2) is 32.2 Å². The van der Waals surface area contributed by atoms with Gasteiger partial charge in [0.15, 0.2) is 11.6 Å². The second kappa shape index (κ2) is 9.00. The molecule has 1 N–H and O–H groups in total. The topological polar surface area (TPSA) is 97.3 Å². The van der Waals surface area contributed by atoms with Gasteiger partial charge >= 0.3 is 0 Å². The van der Waals surface area contributed by atoms with E-state index in [4.69, 9.17) is 4.74 Å². The maximum absolute atomic E-state index is 12.9. The molecule has 0 saturated heterocycles. The lowest BCUT2D eigenvalue weighted by Gasteiger charge is -2.06. The Morgan fingerprint density at radius 1 is 0.939 bits per heavy atom. The van der Waals surface area contributed by atoms with Crippen molar-refractivity contribution >= 4 is 28.3 Å². The number of ether oxygens (including phenoxy) is 1. The fourth-order valence-electron chi connectivity index (χ4n) is 3.70. The number of para-hydroxylation sites is 2. The van der Waals surface area contributed by atoms with E-state index in [2.05, 4.69) is 19.9 Å². The smallest absolute Gasteiger partial charge is 0.172 e. The maximum atomic E-state index is 12.9. The lowest BCUT2D eigenvalue weighted by molar-refractivity contribution is 0.0986. The van der Waals surface area contributed by atoms with Crippen molar-refractivity contribution in [3.05, 3.63) is 96.2 Å². The minimum atomic E-state index is -0.153. The van der Waals surface area contributed by atoms with E-state index in [1.807, 2.05) is 48.5 Å². The molecule has 4 aromatic rings. The summed E-state index contributed by atoms with van der Waals surface area (Å²) in [5.41, 5.74) is 3.07. The zero-order valence-electron chi connectivity index (χ0n) is 17.7. The Balaban J connectivity index is 1.33. The highest BCUT2D eigenvalue weighted by Gasteiger charge is 2.18. The molecule has 0 bridgehead atoms. The van der Waals surface area contributed by atoms with Gasteiger partial charge < -0.3 is 9.72 Å². The maximum Gasteiger partial charge on any atom is 0.172 e. The molecular weight excluding hydrogens is 416 g/mol. The molecule has 0 saturated carbocycles. The van der Waals surface area contributed by atoms with Crippen LogP contribution in [0.25, 0.3) is 11.0 Å². The van der Waals surface area contributed by atoms with Crippen LogP contribution in [0.3, 0.4) is 0 Å². The largest absolute Gasteiger partial charge is 0.456 e. The SMILES string of the molecule is O=C(Cc1nc2c(C(=O)CC3=NC=CC3)cccc2[nH]1)c1cncc(Oc2ccccc2)c1. The van der Waals surface area contributed by atoms with Crippen molar-refractivity contribution < 1.29 is 14.3 Å². The summed E-state index contributed by atoms with van der Waals surface area (Å²) in [6.45, 7) is 0. The number of fused-ring (bicyclic) bond motifs is 1. The van der Waals surface area contributed by atoms with E-state index in [0.29, 0.717) is 40.4 Å². The molecule has 0 atom stereocenters. The van der Waals surface area contributed by atoms with Crippen molar-refractivity contribution in [3.63, 3.8) is 0 Å². The monoisotopic (exact) mass is 436 g/mol. The van der Waals surface area contributed by atoms with Crippen LogP contribution in [0, 0.1) is 0 Å². The number of Topliss-reactive ketones (excluding diaryl/α,β-unsaturated/α-hetero) is 2. The molecule has 7 nitrogen and oxygen atoms in total. The van der Waals surface area contributed by atoms with Crippen molar-refractivity contribution in [2.45, 2.75) is 19.3 Å². The molecule has 3 heterocycles. The predicted molar refractivity (Wildman–Crippen MR) is 125 cm³/mol. The van der Waals surface area contributed by atoms with Crippen molar-refractivity contribution in [2.75, 3.05) is 0 Å². The number of aromatic amines is 1. The molecule has 162 valence electrons. The van der Waals surface area contributed by atoms with Gasteiger partial charge in [0.05, 0.1) is 23.7 Å². The number of hydrogen-bond acceptors (Lipinski definition) is 6. The summed E-state index contributed by atoms with van der Waals surface area (Å²) in [5, 5.41) is 0. The summed E-state index contributed by atoms with van der Waals surface area (Å²) < 4.78 is 5.77. The second-order valence-corrected chi connectivity index (χ2v) is 7.69. The zero-order valence-corrected chi connectivity index (χ0v) is 17.7. The normalized spacial score (nSPS) is 12.7. The van der Waals surface area contributed by atoms with Crippen molar-refractivity contribution in [3.8, 4) is 11.5 Å². The summed E-state index contributed by atoms with van der Waals surface area (Å²) in [4.78, 5) is 41.8. The average molecular weight is 436 g/mol. The number of carbonyl (C=O) groups is 2. The van der Waals surface area contributed by atoms with Gasteiger partial charge in [-0.25, -0.2) is 4.98 Å². The minimum Gasteiger partial charge on any atom is -0.456 e. The average Bonchev–Trinajstić information content (AvgIpc) is 3.49. The molecule has 2 aromatic carbocycles. The van der Waals surface area contributed by atoms with Gasteiger partial charge in [-0.05, 0) is 30.3 Å². The number of nitrogens with one attached hydrogen (secondary N) is 1. The van der Waals surface area contributed by atoms with E-state index in [-0.39, 0.29) is 24.4 Å². The van der Waals surface area contributed by atoms with Gasteiger partial charge in [-0.1, -0.05) is 30.3 Å². The molecule has 1 aliphatic rings. The number of carbonyl (C=O) groups excluding carboxylic acids is 2. The molecule has 0 unspecified atom stereocenters. The van der Waals surface area contributed by atoms with E-state index in [1.54, 1.807) is 24.5 Å². The Labute approximate surface area is 189 Å². The molecule has 0 amide bonds. The lowest BCUT2D eigenvalue weighted by atomic mass is 10.0. The highest BCUT2D eigenvalue weighted by molar-refractivity contribution is 6.15. The van der Waals surface area contributed by atoms with Crippen LogP contribution in [0.15, 0.2) is 84.3 Å². The quantitative estimate of drug-likeness (QED) is 0.387. The third-order valence-electron chi connectivity index (χ3n) is 5.28. The molecule has 7 heteroatoms. The number of ketones is 2. The molecule has 0 aliphatic carbocycles. The number of pyridine rings is 1. The van der Waals surface area contributed by atoms with Crippen molar-refractivity contribution in [2.24, 2.45) is 4.99 Å². The summed E-state index contributed by atoms with van der Waals surface area (Å²) in [5.74, 6) is 1.44. The molecule has 2 aromatic heterocycles. The van der Waals surface area contributed by atoms with E-state index in [9.17, 15) is 9.59 Å². The van der Waals surface area contributed by atoms with E-state index in [1.165, 1.54) is 6.20 Å². The number of H-pyrrole nitrogens is 1. The lowest BCUT2D eigenvalue weighted by Crippen LogP contribution is -2.07. The second-order valence-electron chi connectivity index (χ2n) is 7.69. The van der Waals surface area contributed by atoms with E-state index >= 15 is 0 Å². The first-order valence-corrected chi connectivity index (χ1v) is 10.6. The molecule has 0 radical (unpaired) electrons. The van der Waals surface area contributed by atoms with Gasteiger partial charge in [0.1, 0.15) is 17.3 Å². The fraction of sp³-hybridized carbons (Fsp3) is 0.115. The first-order chi connectivity index (χ1) is 16.2. The zero-order chi connectivity index (χ0) is 22.6. The Hall–Kier alpha value is -4.39. The summed E-state index contributed by atoms with van der Waals surface area (Å²) in [6, 6.07) is 16.4. The number of allylic oxidation sites excluding steroid dienone is 1. The van der Waals surface area contributed by atoms with Crippen LogP contribution in [0.4, 0.5) is 0 Å². The Kier molecular flexibility index (Phi) is 5.59. The van der Waals surface area contributed by atoms with Gasteiger partial charge in [0.25, 0.3) is 0 Å². The predicted octanol–water partition coefficient (Wildman–Crippen LogP) is 5.11. The van der Waals surface area contributed by atoms with Gasteiger partial charge in [-0.3, -0.25) is 19.6 Å². The standard InChI is InChI=1S/C26H20N4O3/c31-23(17-12-20(16-27-15-17)33-19-7-2-1-3-8-19)14-25-29-22-10-4-9-21(26(22)30-25)24(32)13-18-6-5-11-28-18/h1-5,7-12,15-16H,6,13-14H2,(H,29,30). The minimum absolute atomic E-state index is 0.0395. The highest BCUT2D eigenvalue weighted by Crippen LogP contribution is 2.23. The summed E-state index contributed by atoms with van der Waals surface area (Å²) >= 11 is 0. The molecule has 33 heavy (non-hydrogen) atoms. The first-order valence-electron chi connectivity index (χ1n) is 10.6. The van der Waals surface area contributed by atoms with Crippen molar-refractivity contribution in [1.82, 2.24) is 15.0 Å². The van der Waals surface area contributed by atoms with Gasteiger partial charge in [0, 0.05) is 42.1 Å². The van der Waals surface area contributed by atoms with Crippen LogP contribution in [0.1, 0.15) is 39.4 Å². The Morgan fingerprint density at radius 2 is 1.82 bits per heavy atom. The van der Waals surface area contributed by atoms with E-state index in [0.717, 1.165) is 11.2 Å². The number of hydrogen-bond donors (Lipinski definition) is 1. The molecular formula is C26H20N4O3. The Bertz CT molecular complexity index is 1400.